The minimum absolute atomic E-state index is 0.220. The van der Waals surface area contributed by atoms with Crippen molar-refractivity contribution in [1.29, 1.82) is 0 Å². The molecule has 88 valence electrons. The van der Waals surface area contributed by atoms with E-state index in [2.05, 4.69) is 29.6 Å². The maximum Gasteiger partial charge on any atom is 0.0441 e. The van der Waals surface area contributed by atoms with Crippen molar-refractivity contribution >= 4 is 22.6 Å². The van der Waals surface area contributed by atoms with Gasteiger partial charge in [0.25, 0.3) is 0 Å². The van der Waals surface area contributed by atoms with Gasteiger partial charge in [0.05, 0.1) is 0 Å². The lowest BCUT2D eigenvalue weighted by atomic mass is 10.1. The first-order valence-corrected chi connectivity index (χ1v) is 8.06. The number of rotatable bonds is 4. The fourth-order valence-electron chi connectivity index (χ4n) is 1.76. The van der Waals surface area contributed by atoms with Gasteiger partial charge in [-0.15, -0.1) is 11.8 Å². The minimum Gasteiger partial charge on any atom is -0.308 e. The largest absolute Gasteiger partial charge is 0.308 e. The van der Waals surface area contributed by atoms with Crippen LogP contribution < -0.4 is 5.32 Å². The maximum absolute atomic E-state index is 11.3. The summed E-state index contributed by atoms with van der Waals surface area (Å²) in [4.78, 5) is 1.38. The summed E-state index contributed by atoms with van der Waals surface area (Å²) in [6, 6.07) is 8.94. The predicted molar refractivity (Wildman–Crippen MR) is 71.4 cm³/mol. The molecule has 3 atom stereocenters. The third kappa shape index (κ3) is 2.67. The monoisotopic (exact) mass is 255 g/mol. The third-order valence-electron chi connectivity index (χ3n) is 2.92. The zero-order chi connectivity index (χ0) is 11.5. The van der Waals surface area contributed by atoms with Gasteiger partial charge in [-0.25, -0.2) is 0 Å². The summed E-state index contributed by atoms with van der Waals surface area (Å²) in [5, 5.41) is 3.73. The van der Waals surface area contributed by atoms with Crippen LogP contribution in [-0.2, 0) is 10.8 Å². The van der Waals surface area contributed by atoms with Crippen molar-refractivity contribution in [3.05, 3.63) is 29.8 Å². The van der Waals surface area contributed by atoms with Crippen molar-refractivity contribution in [2.45, 2.75) is 23.1 Å². The molecule has 4 heteroatoms. The lowest BCUT2D eigenvalue weighted by molar-refractivity contribution is 0.576. The summed E-state index contributed by atoms with van der Waals surface area (Å²) in [6.45, 7) is 2.85. The summed E-state index contributed by atoms with van der Waals surface area (Å²) in [5.41, 5.74) is 1.39. The zero-order valence-corrected chi connectivity index (χ0v) is 11.2. The molecule has 1 aromatic rings. The van der Waals surface area contributed by atoms with Crippen LogP contribution in [0.2, 0.25) is 0 Å². The number of hydrogen-bond donors (Lipinski definition) is 1. The highest BCUT2D eigenvalue weighted by atomic mass is 32.2. The van der Waals surface area contributed by atoms with Crippen molar-refractivity contribution in [2.24, 2.45) is 0 Å². The summed E-state index contributed by atoms with van der Waals surface area (Å²) in [7, 11) is -0.737. The Bertz CT molecular complexity index is 394. The van der Waals surface area contributed by atoms with E-state index >= 15 is 0 Å². The molecule has 0 fully saturated rings. The molecule has 2 rings (SSSR count). The molecule has 1 aliphatic rings. The molecule has 1 heterocycles. The van der Waals surface area contributed by atoms with Crippen molar-refractivity contribution in [1.82, 2.24) is 5.32 Å². The molecule has 0 saturated carbocycles. The summed E-state index contributed by atoms with van der Waals surface area (Å²) in [5.74, 6) is 1.09. The second kappa shape index (κ2) is 5.34. The molecular formula is C12H17NOS2. The number of hydrogen-bond acceptors (Lipinski definition) is 3. The molecular weight excluding hydrogens is 238 g/mol. The number of benzene rings is 1. The molecule has 0 amide bonds. The molecule has 0 radical (unpaired) electrons. The maximum atomic E-state index is 11.3. The standard InChI is InChI=1S/C12H17NOS2/c1-9(16(2)14)7-13-11-8-15-12-6-4-3-5-10(11)12/h3-6,9,11,13H,7-8H2,1-2H3. The normalized spacial score (nSPS) is 22.8. The molecule has 1 N–H and O–H groups in total. The van der Waals surface area contributed by atoms with Gasteiger partial charge in [-0.1, -0.05) is 18.2 Å². The molecule has 16 heavy (non-hydrogen) atoms. The fraction of sp³-hybridized carbons (Fsp3) is 0.500. The van der Waals surface area contributed by atoms with E-state index in [1.807, 2.05) is 18.7 Å². The molecule has 2 nitrogen and oxygen atoms in total. The molecule has 1 aliphatic heterocycles. The summed E-state index contributed by atoms with van der Waals surface area (Å²) in [6.07, 6.45) is 1.77. The Morgan fingerprint density at radius 3 is 3.06 bits per heavy atom. The van der Waals surface area contributed by atoms with E-state index in [9.17, 15) is 4.21 Å². The van der Waals surface area contributed by atoms with Crippen LogP contribution in [0.25, 0.3) is 0 Å². The molecule has 0 bridgehead atoms. The molecule has 0 saturated heterocycles. The first kappa shape index (κ1) is 12.1. The molecule has 0 spiro atoms. The Kier molecular flexibility index (Phi) is 4.05. The van der Waals surface area contributed by atoms with Crippen LogP contribution in [0.15, 0.2) is 29.2 Å². The van der Waals surface area contributed by atoms with Crippen LogP contribution in [0, 0.1) is 0 Å². The highest BCUT2D eigenvalue weighted by Crippen LogP contribution is 2.37. The quantitative estimate of drug-likeness (QED) is 0.894. The summed E-state index contributed by atoms with van der Waals surface area (Å²) >= 11 is 1.90. The molecule has 0 aliphatic carbocycles. The Labute approximate surface area is 104 Å². The van der Waals surface area contributed by atoms with Gasteiger partial charge in [-0.2, -0.15) is 0 Å². The number of nitrogens with one attached hydrogen (secondary N) is 1. The lowest BCUT2D eigenvalue weighted by Crippen LogP contribution is -2.31. The van der Waals surface area contributed by atoms with Crippen LogP contribution in [0.1, 0.15) is 18.5 Å². The first-order chi connectivity index (χ1) is 7.68. The van der Waals surface area contributed by atoms with Crippen LogP contribution in [0.4, 0.5) is 0 Å². The van der Waals surface area contributed by atoms with Gasteiger partial charge in [-0.3, -0.25) is 4.21 Å². The zero-order valence-electron chi connectivity index (χ0n) is 9.60. The second-order valence-electron chi connectivity index (χ2n) is 4.12. The van der Waals surface area contributed by atoms with E-state index in [0.717, 1.165) is 12.3 Å². The Morgan fingerprint density at radius 2 is 2.31 bits per heavy atom. The van der Waals surface area contributed by atoms with Crippen molar-refractivity contribution in [3.8, 4) is 0 Å². The van der Waals surface area contributed by atoms with Crippen molar-refractivity contribution in [2.75, 3.05) is 18.6 Å². The average Bonchev–Trinajstić information content (AvgIpc) is 2.69. The van der Waals surface area contributed by atoms with E-state index < -0.39 is 10.8 Å². The highest BCUT2D eigenvalue weighted by Gasteiger charge is 2.22. The lowest BCUT2D eigenvalue weighted by Gasteiger charge is -2.16. The molecule has 3 unspecified atom stereocenters. The van der Waals surface area contributed by atoms with E-state index in [4.69, 9.17) is 0 Å². The SMILES string of the molecule is CC(CNC1CSc2ccccc21)S(C)=O. The van der Waals surface area contributed by atoms with Crippen LogP contribution in [0.3, 0.4) is 0 Å². The van der Waals surface area contributed by atoms with E-state index in [1.54, 1.807) is 6.26 Å². The highest BCUT2D eigenvalue weighted by molar-refractivity contribution is 7.99. The second-order valence-corrected chi connectivity index (χ2v) is 6.98. The van der Waals surface area contributed by atoms with Gasteiger partial charge >= 0.3 is 0 Å². The van der Waals surface area contributed by atoms with E-state index in [-0.39, 0.29) is 5.25 Å². The Morgan fingerprint density at radius 1 is 1.56 bits per heavy atom. The summed E-state index contributed by atoms with van der Waals surface area (Å²) < 4.78 is 11.3. The number of fused-ring (bicyclic) bond motifs is 1. The first-order valence-electron chi connectivity index (χ1n) is 5.46. The van der Waals surface area contributed by atoms with Gasteiger partial charge in [0.2, 0.25) is 0 Å². The smallest absolute Gasteiger partial charge is 0.0441 e. The van der Waals surface area contributed by atoms with Crippen LogP contribution in [0.5, 0.6) is 0 Å². The predicted octanol–water partition coefficient (Wildman–Crippen LogP) is 2.19. The minimum atomic E-state index is -0.737. The van der Waals surface area contributed by atoms with Crippen LogP contribution >= 0.6 is 11.8 Å². The van der Waals surface area contributed by atoms with Crippen LogP contribution in [-0.4, -0.2) is 28.0 Å². The van der Waals surface area contributed by atoms with E-state index in [1.165, 1.54) is 10.5 Å². The Balaban J connectivity index is 1.96. The van der Waals surface area contributed by atoms with Gasteiger partial charge in [-0.05, 0) is 18.6 Å². The van der Waals surface area contributed by atoms with Crippen molar-refractivity contribution < 1.29 is 4.21 Å². The number of thioether (sulfide) groups is 1. The fourth-order valence-corrected chi connectivity index (χ4v) is 3.28. The topological polar surface area (TPSA) is 29.1 Å². The van der Waals surface area contributed by atoms with Gasteiger partial charge in [0.1, 0.15) is 0 Å². The molecule has 0 aromatic heterocycles. The van der Waals surface area contributed by atoms with E-state index in [0.29, 0.717) is 6.04 Å². The van der Waals surface area contributed by atoms with Crippen molar-refractivity contribution in [3.63, 3.8) is 0 Å². The Hall–Kier alpha value is -0.320. The average molecular weight is 255 g/mol. The van der Waals surface area contributed by atoms with Gasteiger partial charge < -0.3 is 5.32 Å². The van der Waals surface area contributed by atoms with Gasteiger partial charge in [0.15, 0.2) is 0 Å². The van der Waals surface area contributed by atoms with Gasteiger partial charge in [0, 0.05) is 45.5 Å². The third-order valence-corrected chi connectivity index (χ3v) is 5.40. The molecule has 1 aromatic carbocycles.